The van der Waals surface area contributed by atoms with E-state index in [0.29, 0.717) is 16.8 Å². The third-order valence-corrected chi connectivity index (χ3v) is 1.54. The number of halogens is 1. The summed E-state index contributed by atoms with van der Waals surface area (Å²) in [6.07, 6.45) is 1.05. The number of rotatable bonds is 1. The zero-order chi connectivity index (χ0) is 8.43. The topological polar surface area (TPSA) is 49.9 Å². The first-order valence-electron chi connectivity index (χ1n) is 3.21. The molecule has 0 saturated carbocycles. The van der Waals surface area contributed by atoms with Crippen LogP contribution < -0.4 is 5.73 Å². The minimum absolute atomic E-state index is 0.352. The zero-order valence-corrected chi connectivity index (χ0v) is 6.19. The fourth-order valence-electron chi connectivity index (χ4n) is 0.900. The normalized spacial score (nSPS) is 9.64. The maximum atomic E-state index is 12.6. The minimum Gasteiger partial charge on any atom is -0.398 e. The van der Waals surface area contributed by atoms with Crippen molar-refractivity contribution in [1.82, 2.24) is 0 Å². The second-order valence-electron chi connectivity index (χ2n) is 2.37. The van der Waals surface area contributed by atoms with Crippen molar-refractivity contribution in [2.24, 2.45) is 0 Å². The summed E-state index contributed by atoms with van der Waals surface area (Å²) in [7, 11) is 0. The van der Waals surface area contributed by atoms with Crippen LogP contribution in [0.5, 0.6) is 0 Å². The highest BCUT2D eigenvalue weighted by Gasteiger charge is 2.01. The summed E-state index contributed by atoms with van der Waals surface area (Å²) in [5.41, 5.74) is 7.12. The van der Waals surface area contributed by atoms with Crippen molar-refractivity contribution in [2.45, 2.75) is 6.92 Å². The SMILES string of the molecule is Cc1cc(F)cc(C=N)c1N. The van der Waals surface area contributed by atoms with Crippen LogP contribution in [0, 0.1) is 18.2 Å². The molecule has 1 aromatic carbocycles. The standard InChI is InChI=1S/C8H9FN2/c1-5-2-7(9)3-6(4-10)8(5)11/h2-4,10H,11H2,1H3. The van der Waals surface area contributed by atoms with E-state index in [4.69, 9.17) is 11.1 Å². The lowest BCUT2D eigenvalue weighted by molar-refractivity contribution is 0.626. The van der Waals surface area contributed by atoms with Crippen LogP contribution in [0.4, 0.5) is 10.1 Å². The second-order valence-corrected chi connectivity index (χ2v) is 2.37. The molecule has 1 aromatic rings. The fraction of sp³-hybridized carbons (Fsp3) is 0.125. The summed E-state index contributed by atoms with van der Waals surface area (Å²) in [6, 6.07) is 2.59. The predicted octanol–water partition coefficient (Wildman–Crippen LogP) is 1.71. The van der Waals surface area contributed by atoms with Crippen molar-refractivity contribution in [3.8, 4) is 0 Å². The highest BCUT2D eigenvalue weighted by molar-refractivity contribution is 5.85. The quantitative estimate of drug-likeness (QED) is 0.467. The molecule has 1 rings (SSSR count). The van der Waals surface area contributed by atoms with E-state index in [0.717, 1.165) is 6.21 Å². The van der Waals surface area contributed by atoms with Crippen LogP contribution in [-0.4, -0.2) is 6.21 Å². The molecule has 0 aliphatic carbocycles. The molecule has 0 fully saturated rings. The van der Waals surface area contributed by atoms with E-state index >= 15 is 0 Å². The molecule has 58 valence electrons. The first-order chi connectivity index (χ1) is 5.15. The lowest BCUT2D eigenvalue weighted by atomic mass is 10.1. The third-order valence-electron chi connectivity index (χ3n) is 1.54. The summed E-state index contributed by atoms with van der Waals surface area (Å²) >= 11 is 0. The molecule has 11 heavy (non-hydrogen) atoms. The van der Waals surface area contributed by atoms with E-state index in [9.17, 15) is 4.39 Å². The van der Waals surface area contributed by atoms with Crippen molar-refractivity contribution in [3.05, 3.63) is 29.1 Å². The van der Waals surface area contributed by atoms with Gasteiger partial charge in [0.1, 0.15) is 5.82 Å². The number of hydrogen-bond acceptors (Lipinski definition) is 2. The van der Waals surface area contributed by atoms with Gasteiger partial charge in [0, 0.05) is 17.5 Å². The van der Waals surface area contributed by atoms with Crippen molar-refractivity contribution in [1.29, 1.82) is 5.41 Å². The number of aryl methyl sites for hydroxylation is 1. The van der Waals surface area contributed by atoms with Gasteiger partial charge in [-0.25, -0.2) is 4.39 Å². The number of anilines is 1. The largest absolute Gasteiger partial charge is 0.398 e. The van der Waals surface area contributed by atoms with Crippen molar-refractivity contribution in [2.75, 3.05) is 5.73 Å². The molecular formula is C8H9FN2. The van der Waals surface area contributed by atoms with Crippen LogP contribution >= 0.6 is 0 Å². The van der Waals surface area contributed by atoms with Gasteiger partial charge in [0.05, 0.1) is 0 Å². The Bertz CT molecular complexity index is 294. The smallest absolute Gasteiger partial charge is 0.124 e. The van der Waals surface area contributed by atoms with Gasteiger partial charge in [-0.3, -0.25) is 0 Å². The Hall–Kier alpha value is -1.38. The Morgan fingerprint density at radius 1 is 1.55 bits per heavy atom. The van der Waals surface area contributed by atoms with Crippen LogP contribution in [-0.2, 0) is 0 Å². The summed E-state index contributed by atoms with van der Waals surface area (Å²) in [4.78, 5) is 0. The van der Waals surface area contributed by atoms with E-state index in [1.807, 2.05) is 0 Å². The molecule has 0 aromatic heterocycles. The molecule has 0 aliphatic heterocycles. The Morgan fingerprint density at radius 2 is 2.18 bits per heavy atom. The van der Waals surface area contributed by atoms with E-state index in [1.54, 1.807) is 6.92 Å². The van der Waals surface area contributed by atoms with E-state index in [2.05, 4.69) is 0 Å². The van der Waals surface area contributed by atoms with Gasteiger partial charge in [-0.05, 0) is 24.6 Å². The molecule has 0 spiro atoms. The highest BCUT2D eigenvalue weighted by atomic mass is 19.1. The van der Waals surface area contributed by atoms with Crippen LogP contribution in [0.15, 0.2) is 12.1 Å². The van der Waals surface area contributed by atoms with E-state index in [-0.39, 0.29) is 5.82 Å². The Labute approximate surface area is 64.4 Å². The Kier molecular flexibility index (Phi) is 1.89. The average molecular weight is 152 g/mol. The van der Waals surface area contributed by atoms with Gasteiger partial charge in [0.15, 0.2) is 0 Å². The number of hydrogen-bond donors (Lipinski definition) is 2. The highest BCUT2D eigenvalue weighted by Crippen LogP contribution is 2.16. The summed E-state index contributed by atoms with van der Waals surface area (Å²) in [5.74, 6) is -0.352. The van der Waals surface area contributed by atoms with Gasteiger partial charge < -0.3 is 11.1 Å². The molecule has 0 saturated heterocycles. The Balaban J connectivity index is 3.35. The van der Waals surface area contributed by atoms with Gasteiger partial charge in [0.25, 0.3) is 0 Å². The third kappa shape index (κ3) is 1.37. The molecule has 0 aliphatic rings. The van der Waals surface area contributed by atoms with Crippen molar-refractivity contribution < 1.29 is 4.39 Å². The van der Waals surface area contributed by atoms with Crippen molar-refractivity contribution in [3.63, 3.8) is 0 Å². The van der Waals surface area contributed by atoms with Gasteiger partial charge in [-0.1, -0.05) is 0 Å². The lowest BCUT2D eigenvalue weighted by Gasteiger charge is -2.02. The van der Waals surface area contributed by atoms with E-state index in [1.165, 1.54) is 12.1 Å². The number of benzene rings is 1. The minimum atomic E-state index is -0.352. The fourth-order valence-corrected chi connectivity index (χ4v) is 0.900. The number of nitrogens with two attached hydrogens (primary N) is 1. The molecule has 0 radical (unpaired) electrons. The average Bonchev–Trinajstić information content (AvgIpc) is 1.96. The van der Waals surface area contributed by atoms with Crippen LogP contribution in [0.1, 0.15) is 11.1 Å². The van der Waals surface area contributed by atoms with Crippen LogP contribution in [0.25, 0.3) is 0 Å². The maximum Gasteiger partial charge on any atom is 0.124 e. The molecule has 0 amide bonds. The van der Waals surface area contributed by atoms with Crippen LogP contribution in [0.2, 0.25) is 0 Å². The lowest BCUT2D eigenvalue weighted by Crippen LogP contribution is -1.97. The molecule has 0 bridgehead atoms. The van der Waals surface area contributed by atoms with Crippen LogP contribution in [0.3, 0.4) is 0 Å². The molecule has 0 atom stereocenters. The maximum absolute atomic E-state index is 12.6. The van der Waals surface area contributed by atoms with E-state index < -0.39 is 0 Å². The molecule has 0 heterocycles. The predicted molar refractivity (Wildman–Crippen MR) is 43.4 cm³/mol. The Morgan fingerprint density at radius 3 is 2.73 bits per heavy atom. The molecule has 3 heteroatoms. The van der Waals surface area contributed by atoms with Gasteiger partial charge >= 0.3 is 0 Å². The summed E-state index contributed by atoms with van der Waals surface area (Å²) in [5, 5.41) is 6.91. The zero-order valence-electron chi connectivity index (χ0n) is 6.19. The summed E-state index contributed by atoms with van der Waals surface area (Å²) in [6.45, 7) is 1.71. The molecule has 2 nitrogen and oxygen atoms in total. The first kappa shape index (κ1) is 7.72. The van der Waals surface area contributed by atoms with Gasteiger partial charge in [-0.2, -0.15) is 0 Å². The monoisotopic (exact) mass is 152 g/mol. The van der Waals surface area contributed by atoms with Gasteiger partial charge in [-0.15, -0.1) is 0 Å². The van der Waals surface area contributed by atoms with Gasteiger partial charge in [0.2, 0.25) is 0 Å². The molecule has 0 unspecified atom stereocenters. The van der Waals surface area contributed by atoms with Crippen molar-refractivity contribution >= 4 is 11.9 Å². The number of nitrogen functional groups attached to an aromatic ring is 1. The second kappa shape index (κ2) is 2.70. The molecular weight excluding hydrogens is 143 g/mol. The summed E-state index contributed by atoms with van der Waals surface area (Å²) < 4.78 is 12.6. The molecule has 3 N–H and O–H groups in total. The number of nitrogens with one attached hydrogen (secondary N) is 1. The first-order valence-corrected chi connectivity index (χ1v) is 3.21.